The molecule has 2 aromatic rings. The summed E-state index contributed by atoms with van der Waals surface area (Å²) in [6.07, 6.45) is -3.10. The monoisotopic (exact) mass is 332 g/mol. The van der Waals surface area contributed by atoms with Crippen molar-refractivity contribution in [3.8, 4) is 0 Å². The molecule has 7 nitrogen and oxygen atoms in total. The van der Waals surface area contributed by atoms with E-state index in [-0.39, 0.29) is 11.6 Å². The lowest BCUT2D eigenvalue weighted by molar-refractivity contribution is -0.141. The number of halogens is 3. The van der Waals surface area contributed by atoms with Gasteiger partial charge >= 0.3 is 6.18 Å². The van der Waals surface area contributed by atoms with Crippen molar-refractivity contribution < 1.29 is 18.0 Å². The molecule has 2 rings (SSSR count). The van der Waals surface area contributed by atoms with Gasteiger partial charge in [0.15, 0.2) is 10.3 Å². The molecule has 0 saturated carbocycles. The number of alkyl halides is 3. The maximum absolute atomic E-state index is 12.6. The minimum atomic E-state index is -4.54. The zero-order valence-electron chi connectivity index (χ0n) is 11.3. The summed E-state index contributed by atoms with van der Waals surface area (Å²) in [6.45, 7) is 0. The van der Waals surface area contributed by atoms with E-state index in [4.69, 9.17) is 5.73 Å². The summed E-state index contributed by atoms with van der Waals surface area (Å²) in [6, 6.07) is 0.791. The van der Waals surface area contributed by atoms with E-state index in [1.807, 2.05) is 0 Å². The fraction of sp³-hybridized carbons (Fsp3) is 0.364. The third kappa shape index (κ3) is 3.93. The zero-order chi connectivity index (χ0) is 16.3. The minimum absolute atomic E-state index is 0.0909. The van der Waals surface area contributed by atoms with Crippen LogP contribution in [0.5, 0.6) is 0 Å². The van der Waals surface area contributed by atoms with E-state index in [1.165, 1.54) is 0 Å². The van der Waals surface area contributed by atoms with Gasteiger partial charge in [0.2, 0.25) is 5.91 Å². The molecule has 0 aliphatic rings. The fourth-order valence-corrected chi connectivity index (χ4v) is 2.26. The number of nitrogens with two attached hydrogens (primary N) is 1. The van der Waals surface area contributed by atoms with E-state index >= 15 is 0 Å². The summed E-state index contributed by atoms with van der Waals surface area (Å²) in [5.74, 6) is 0.0201. The first-order valence-electron chi connectivity index (χ1n) is 6.02. The molecule has 0 spiro atoms. The Balaban J connectivity index is 2.16. The predicted molar refractivity (Wildman–Crippen MR) is 69.7 cm³/mol. The minimum Gasteiger partial charge on any atom is -0.370 e. The van der Waals surface area contributed by atoms with Crippen LogP contribution in [-0.2, 0) is 24.4 Å². The number of aromatic nitrogens is 5. The van der Waals surface area contributed by atoms with Crippen LogP contribution >= 0.6 is 11.8 Å². The maximum atomic E-state index is 12.6. The molecule has 0 radical (unpaired) electrons. The number of hydrogen-bond donors (Lipinski definition) is 1. The summed E-state index contributed by atoms with van der Waals surface area (Å²) < 4.78 is 39.3. The Morgan fingerprint density at radius 1 is 1.41 bits per heavy atom. The molecule has 1 amide bonds. The van der Waals surface area contributed by atoms with Crippen LogP contribution in [-0.4, -0.2) is 30.6 Å². The predicted octanol–water partition coefficient (Wildman–Crippen LogP) is 1.19. The van der Waals surface area contributed by atoms with Crippen molar-refractivity contribution in [2.45, 2.75) is 29.3 Å². The number of rotatable bonds is 5. The summed E-state index contributed by atoms with van der Waals surface area (Å²) in [4.78, 5) is 18.0. The molecular weight excluding hydrogens is 321 g/mol. The van der Waals surface area contributed by atoms with E-state index in [2.05, 4.69) is 20.2 Å². The van der Waals surface area contributed by atoms with E-state index < -0.39 is 17.8 Å². The Hall–Kier alpha value is -2.17. The summed E-state index contributed by atoms with van der Waals surface area (Å²) >= 11 is 0.851. The standard InChI is InChI=1S/C11H11F3N6OS/c1-20-8(3-2-7(15)21)18-19-10(20)22-9-16-5-4-6(17-9)11(12,13)14/h4-5H,2-3H2,1H3,(H2,15,21). The molecule has 2 heterocycles. The molecular formula is C11H11F3N6OS. The van der Waals surface area contributed by atoms with Gasteiger partial charge in [-0.1, -0.05) is 0 Å². The van der Waals surface area contributed by atoms with Crippen molar-refractivity contribution in [2.24, 2.45) is 12.8 Å². The number of nitrogens with zero attached hydrogens (tertiary/aromatic N) is 5. The highest BCUT2D eigenvalue weighted by molar-refractivity contribution is 7.99. The SMILES string of the molecule is Cn1c(CCC(N)=O)nnc1Sc1nccc(C(F)(F)F)n1. The summed E-state index contributed by atoms with van der Waals surface area (Å²) in [5, 5.41) is 7.93. The smallest absolute Gasteiger partial charge is 0.370 e. The Bertz CT molecular complexity index is 687. The third-order valence-corrected chi connectivity index (χ3v) is 3.54. The third-order valence-electron chi connectivity index (χ3n) is 2.63. The summed E-state index contributed by atoms with van der Waals surface area (Å²) in [7, 11) is 1.63. The maximum Gasteiger partial charge on any atom is 0.433 e. The van der Waals surface area contributed by atoms with Gasteiger partial charge in [0, 0.05) is 26.1 Å². The second-order valence-electron chi connectivity index (χ2n) is 4.25. The molecule has 11 heteroatoms. The molecule has 118 valence electrons. The highest BCUT2D eigenvalue weighted by Gasteiger charge is 2.33. The second kappa shape index (κ2) is 6.30. The summed E-state index contributed by atoms with van der Waals surface area (Å²) in [5.41, 5.74) is 4.02. The molecule has 2 N–H and O–H groups in total. The van der Waals surface area contributed by atoms with E-state index in [1.54, 1.807) is 11.6 Å². The molecule has 0 aromatic carbocycles. The van der Waals surface area contributed by atoms with Crippen LogP contribution in [0.15, 0.2) is 22.6 Å². The van der Waals surface area contributed by atoms with Crippen LogP contribution in [0.1, 0.15) is 17.9 Å². The Kier molecular flexibility index (Phi) is 4.64. The number of amides is 1. The van der Waals surface area contributed by atoms with Crippen LogP contribution in [0.3, 0.4) is 0 Å². The molecule has 22 heavy (non-hydrogen) atoms. The molecule has 0 fully saturated rings. The number of aryl methyl sites for hydroxylation is 1. The molecule has 0 aliphatic heterocycles. The molecule has 0 aliphatic carbocycles. The van der Waals surface area contributed by atoms with Crippen molar-refractivity contribution in [1.29, 1.82) is 0 Å². The van der Waals surface area contributed by atoms with Crippen molar-refractivity contribution in [2.75, 3.05) is 0 Å². The van der Waals surface area contributed by atoms with Gasteiger partial charge in [-0.2, -0.15) is 13.2 Å². The van der Waals surface area contributed by atoms with Gasteiger partial charge in [-0.25, -0.2) is 9.97 Å². The normalized spacial score (nSPS) is 11.6. The molecule has 0 unspecified atom stereocenters. The van der Waals surface area contributed by atoms with E-state index in [0.29, 0.717) is 17.4 Å². The topological polar surface area (TPSA) is 99.6 Å². The van der Waals surface area contributed by atoms with Crippen molar-refractivity contribution in [3.05, 3.63) is 23.8 Å². The van der Waals surface area contributed by atoms with Gasteiger partial charge in [0.1, 0.15) is 11.5 Å². The first kappa shape index (κ1) is 16.2. The lowest BCUT2D eigenvalue weighted by Gasteiger charge is -2.06. The molecule has 2 aromatic heterocycles. The van der Waals surface area contributed by atoms with Gasteiger partial charge < -0.3 is 10.3 Å². The van der Waals surface area contributed by atoms with Crippen molar-refractivity contribution in [3.63, 3.8) is 0 Å². The first-order valence-corrected chi connectivity index (χ1v) is 6.83. The average molecular weight is 332 g/mol. The van der Waals surface area contributed by atoms with Crippen LogP contribution in [0.2, 0.25) is 0 Å². The second-order valence-corrected chi connectivity index (χ2v) is 5.18. The Morgan fingerprint density at radius 3 is 2.77 bits per heavy atom. The van der Waals surface area contributed by atoms with Gasteiger partial charge in [-0.05, 0) is 17.8 Å². The molecule has 0 saturated heterocycles. The Morgan fingerprint density at radius 2 is 2.14 bits per heavy atom. The van der Waals surface area contributed by atoms with E-state index in [9.17, 15) is 18.0 Å². The van der Waals surface area contributed by atoms with Gasteiger partial charge in [-0.15, -0.1) is 10.2 Å². The van der Waals surface area contributed by atoms with Gasteiger partial charge in [0.05, 0.1) is 0 Å². The zero-order valence-corrected chi connectivity index (χ0v) is 12.1. The lowest BCUT2D eigenvalue weighted by Crippen LogP contribution is -2.13. The quantitative estimate of drug-likeness (QED) is 0.826. The van der Waals surface area contributed by atoms with Gasteiger partial charge in [-0.3, -0.25) is 4.79 Å². The number of primary amides is 1. The van der Waals surface area contributed by atoms with Crippen LogP contribution < -0.4 is 5.73 Å². The largest absolute Gasteiger partial charge is 0.433 e. The van der Waals surface area contributed by atoms with Crippen molar-refractivity contribution in [1.82, 2.24) is 24.7 Å². The molecule has 0 atom stereocenters. The fourth-order valence-electron chi connectivity index (χ4n) is 1.52. The van der Waals surface area contributed by atoms with Crippen molar-refractivity contribution >= 4 is 17.7 Å². The van der Waals surface area contributed by atoms with E-state index in [0.717, 1.165) is 24.0 Å². The Labute approximate surface area is 127 Å². The first-order chi connectivity index (χ1) is 10.3. The highest BCUT2D eigenvalue weighted by atomic mass is 32.2. The average Bonchev–Trinajstić information content (AvgIpc) is 2.77. The van der Waals surface area contributed by atoms with Crippen LogP contribution in [0.25, 0.3) is 0 Å². The number of hydrogen-bond acceptors (Lipinski definition) is 6. The number of carbonyl (C=O) groups excluding carboxylic acids is 1. The van der Waals surface area contributed by atoms with Crippen LogP contribution in [0.4, 0.5) is 13.2 Å². The van der Waals surface area contributed by atoms with Gasteiger partial charge in [0.25, 0.3) is 0 Å². The number of carbonyl (C=O) groups is 1. The molecule has 0 bridgehead atoms. The lowest BCUT2D eigenvalue weighted by atomic mass is 10.3. The highest BCUT2D eigenvalue weighted by Crippen LogP contribution is 2.30. The van der Waals surface area contributed by atoms with Crippen LogP contribution in [0, 0.1) is 0 Å².